The molecule has 3 nitrogen and oxygen atoms in total. The predicted molar refractivity (Wildman–Crippen MR) is 82.9 cm³/mol. The van der Waals surface area contributed by atoms with Gasteiger partial charge in [0.1, 0.15) is 0 Å². The lowest BCUT2D eigenvalue weighted by molar-refractivity contribution is -0.0488. The van der Waals surface area contributed by atoms with Crippen molar-refractivity contribution in [3.8, 4) is 0 Å². The summed E-state index contributed by atoms with van der Waals surface area (Å²) in [5.74, 6) is 2.34. The third-order valence-electron chi connectivity index (χ3n) is 5.13. The van der Waals surface area contributed by atoms with Crippen LogP contribution in [0, 0.1) is 17.8 Å². The third kappa shape index (κ3) is 4.71. The van der Waals surface area contributed by atoms with Gasteiger partial charge in [0.25, 0.3) is 0 Å². The zero-order valence-electron chi connectivity index (χ0n) is 13.6. The fraction of sp³-hybridized carbons (Fsp3) is 1.00. The first-order valence-electron chi connectivity index (χ1n) is 8.63. The molecule has 0 aromatic rings. The minimum absolute atomic E-state index is 0.416. The summed E-state index contributed by atoms with van der Waals surface area (Å²) in [4.78, 5) is 0. The lowest BCUT2D eigenvalue weighted by Crippen LogP contribution is -2.46. The Bertz CT molecular complexity index is 264. The molecular weight excluding hydrogens is 250 g/mol. The molecular formula is C17H33NO2. The molecule has 1 heterocycles. The summed E-state index contributed by atoms with van der Waals surface area (Å²) in [5, 5.41) is 3.63. The Kier molecular flexibility index (Phi) is 6.79. The summed E-state index contributed by atoms with van der Waals surface area (Å²) >= 11 is 0. The molecule has 3 heteroatoms. The van der Waals surface area contributed by atoms with E-state index < -0.39 is 0 Å². The molecule has 0 bridgehead atoms. The topological polar surface area (TPSA) is 30.5 Å². The van der Waals surface area contributed by atoms with E-state index in [1.54, 1.807) is 0 Å². The standard InChI is InChI=1S/C17H33NO2/c1-4-18-16-6-5-15(13(2)3)11-17(16)20-12-14-7-9-19-10-8-14/h13-18H,4-12H2,1-3H3. The third-order valence-corrected chi connectivity index (χ3v) is 5.13. The molecule has 118 valence electrons. The summed E-state index contributed by atoms with van der Waals surface area (Å²) in [7, 11) is 0. The van der Waals surface area contributed by atoms with Gasteiger partial charge in [0.15, 0.2) is 0 Å². The van der Waals surface area contributed by atoms with Crippen LogP contribution in [-0.2, 0) is 9.47 Å². The van der Waals surface area contributed by atoms with E-state index in [1.165, 1.54) is 32.1 Å². The number of hydrogen-bond donors (Lipinski definition) is 1. The van der Waals surface area contributed by atoms with E-state index in [0.29, 0.717) is 18.1 Å². The lowest BCUT2D eigenvalue weighted by Gasteiger charge is -2.39. The molecule has 0 spiro atoms. The van der Waals surface area contributed by atoms with Crippen molar-refractivity contribution < 1.29 is 9.47 Å². The van der Waals surface area contributed by atoms with E-state index in [2.05, 4.69) is 26.1 Å². The number of nitrogens with one attached hydrogen (secondary N) is 1. The van der Waals surface area contributed by atoms with Crippen molar-refractivity contribution in [2.75, 3.05) is 26.4 Å². The van der Waals surface area contributed by atoms with Gasteiger partial charge in [0.2, 0.25) is 0 Å². The molecule has 1 aliphatic heterocycles. The fourth-order valence-corrected chi connectivity index (χ4v) is 3.62. The van der Waals surface area contributed by atoms with E-state index in [1.807, 2.05) is 0 Å². The Hall–Kier alpha value is -0.120. The van der Waals surface area contributed by atoms with Gasteiger partial charge in [-0.15, -0.1) is 0 Å². The summed E-state index contributed by atoms with van der Waals surface area (Å²) < 4.78 is 11.8. The predicted octanol–water partition coefficient (Wildman–Crippen LogP) is 3.23. The molecule has 1 saturated heterocycles. The molecule has 0 radical (unpaired) electrons. The Balaban J connectivity index is 1.82. The van der Waals surface area contributed by atoms with Gasteiger partial charge >= 0.3 is 0 Å². The summed E-state index contributed by atoms with van der Waals surface area (Å²) in [6, 6.07) is 0.565. The van der Waals surface area contributed by atoms with Crippen LogP contribution in [0.3, 0.4) is 0 Å². The van der Waals surface area contributed by atoms with E-state index in [4.69, 9.17) is 9.47 Å². The lowest BCUT2D eigenvalue weighted by atomic mass is 9.78. The van der Waals surface area contributed by atoms with Crippen LogP contribution in [0.25, 0.3) is 0 Å². The number of likely N-dealkylation sites (N-methyl/N-ethyl adjacent to an activating group) is 1. The van der Waals surface area contributed by atoms with Crippen LogP contribution in [-0.4, -0.2) is 38.5 Å². The highest BCUT2D eigenvalue weighted by Crippen LogP contribution is 2.32. The van der Waals surface area contributed by atoms with Crippen LogP contribution in [0.2, 0.25) is 0 Å². The van der Waals surface area contributed by atoms with Gasteiger partial charge in [-0.1, -0.05) is 20.8 Å². The van der Waals surface area contributed by atoms with Crippen LogP contribution in [0.5, 0.6) is 0 Å². The Morgan fingerprint density at radius 1 is 1.15 bits per heavy atom. The minimum atomic E-state index is 0.416. The van der Waals surface area contributed by atoms with E-state index in [-0.39, 0.29) is 0 Å². The van der Waals surface area contributed by atoms with Gasteiger partial charge in [-0.05, 0) is 56.4 Å². The second-order valence-corrected chi connectivity index (χ2v) is 6.91. The molecule has 1 aliphatic carbocycles. The molecule has 20 heavy (non-hydrogen) atoms. The maximum absolute atomic E-state index is 6.35. The summed E-state index contributed by atoms with van der Waals surface area (Å²) in [6.07, 6.45) is 6.62. The highest BCUT2D eigenvalue weighted by Gasteiger charge is 2.32. The number of hydrogen-bond acceptors (Lipinski definition) is 3. The summed E-state index contributed by atoms with van der Waals surface area (Å²) in [6.45, 7) is 10.7. The molecule has 1 saturated carbocycles. The van der Waals surface area contributed by atoms with Gasteiger partial charge in [-0.25, -0.2) is 0 Å². The second kappa shape index (κ2) is 8.35. The first-order valence-corrected chi connectivity index (χ1v) is 8.63. The van der Waals surface area contributed by atoms with Crippen molar-refractivity contribution in [2.24, 2.45) is 17.8 Å². The van der Waals surface area contributed by atoms with E-state index >= 15 is 0 Å². The van der Waals surface area contributed by atoms with E-state index in [9.17, 15) is 0 Å². The fourth-order valence-electron chi connectivity index (χ4n) is 3.62. The van der Waals surface area contributed by atoms with Gasteiger partial charge < -0.3 is 14.8 Å². The molecule has 2 fully saturated rings. The normalized spacial score (nSPS) is 32.7. The maximum Gasteiger partial charge on any atom is 0.0730 e. The Labute approximate surface area is 124 Å². The van der Waals surface area contributed by atoms with Crippen LogP contribution >= 0.6 is 0 Å². The SMILES string of the molecule is CCNC1CCC(C(C)C)CC1OCC1CCOCC1. The average molecular weight is 283 g/mol. The Morgan fingerprint density at radius 2 is 1.90 bits per heavy atom. The molecule has 3 unspecified atom stereocenters. The minimum Gasteiger partial charge on any atom is -0.381 e. The summed E-state index contributed by atoms with van der Waals surface area (Å²) in [5.41, 5.74) is 0. The maximum atomic E-state index is 6.35. The average Bonchev–Trinajstić information content (AvgIpc) is 2.47. The van der Waals surface area contributed by atoms with Crippen LogP contribution < -0.4 is 5.32 Å². The smallest absolute Gasteiger partial charge is 0.0730 e. The van der Waals surface area contributed by atoms with Crippen molar-refractivity contribution >= 4 is 0 Å². The van der Waals surface area contributed by atoms with Gasteiger partial charge in [0.05, 0.1) is 12.7 Å². The van der Waals surface area contributed by atoms with Gasteiger partial charge in [-0.2, -0.15) is 0 Å². The highest BCUT2D eigenvalue weighted by atomic mass is 16.5. The molecule has 0 aromatic heterocycles. The largest absolute Gasteiger partial charge is 0.381 e. The van der Waals surface area contributed by atoms with E-state index in [0.717, 1.165) is 38.2 Å². The van der Waals surface area contributed by atoms with Crippen molar-refractivity contribution in [2.45, 2.75) is 65.0 Å². The molecule has 0 aromatic carbocycles. The van der Waals surface area contributed by atoms with Gasteiger partial charge in [-0.3, -0.25) is 0 Å². The van der Waals surface area contributed by atoms with Crippen molar-refractivity contribution in [1.29, 1.82) is 0 Å². The Morgan fingerprint density at radius 3 is 2.55 bits per heavy atom. The first-order chi connectivity index (χ1) is 9.70. The molecule has 1 N–H and O–H groups in total. The number of ether oxygens (including phenoxy) is 2. The molecule has 2 rings (SSSR count). The van der Waals surface area contributed by atoms with Crippen LogP contribution in [0.1, 0.15) is 52.9 Å². The zero-order chi connectivity index (χ0) is 14.4. The monoisotopic (exact) mass is 283 g/mol. The first kappa shape index (κ1) is 16.3. The molecule has 2 aliphatic rings. The highest BCUT2D eigenvalue weighted by molar-refractivity contribution is 4.87. The quantitative estimate of drug-likeness (QED) is 0.812. The zero-order valence-corrected chi connectivity index (χ0v) is 13.6. The number of rotatable bonds is 6. The van der Waals surface area contributed by atoms with Crippen molar-refractivity contribution in [3.05, 3.63) is 0 Å². The molecule has 0 amide bonds. The van der Waals surface area contributed by atoms with Crippen LogP contribution in [0.15, 0.2) is 0 Å². The molecule has 3 atom stereocenters. The second-order valence-electron chi connectivity index (χ2n) is 6.91. The van der Waals surface area contributed by atoms with Gasteiger partial charge in [0, 0.05) is 19.3 Å². The van der Waals surface area contributed by atoms with Crippen LogP contribution in [0.4, 0.5) is 0 Å². The van der Waals surface area contributed by atoms with Crippen molar-refractivity contribution in [1.82, 2.24) is 5.32 Å². The van der Waals surface area contributed by atoms with Crippen molar-refractivity contribution in [3.63, 3.8) is 0 Å².